The lowest BCUT2D eigenvalue weighted by atomic mass is 10.1. The summed E-state index contributed by atoms with van der Waals surface area (Å²) in [4.78, 5) is 7.62. The maximum Gasteiger partial charge on any atom is 0.435 e. The van der Waals surface area contributed by atoms with E-state index in [1.54, 1.807) is 24.3 Å². The number of benzene rings is 1. The van der Waals surface area contributed by atoms with Crippen molar-refractivity contribution in [2.24, 2.45) is 7.05 Å². The summed E-state index contributed by atoms with van der Waals surface area (Å²) >= 11 is 0. The molecule has 3 aromatic heterocycles. The Bertz CT molecular complexity index is 1150. The van der Waals surface area contributed by atoms with Crippen LogP contribution in [0.15, 0.2) is 42.5 Å². The molecule has 3 heterocycles. The molecule has 4 nitrogen and oxygen atoms in total. The average Bonchev–Trinajstić information content (AvgIpc) is 3.19. The Hall–Kier alpha value is -3.16. The van der Waals surface area contributed by atoms with Gasteiger partial charge in [-0.3, -0.25) is 4.68 Å². The average molecular weight is 374 g/mol. The molecular weight excluding hydrogens is 360 g/mol. The van der Waals surface area contributed by atoms with Crippen LogP contribution in [0.25, 0.3) is 33.7 Å². The highest BCUT2D eigenvalue weighted by Crippen LogP contribution is 2.32. The molecule has 0 aliphatic heterocycles. The molecular formula is C19H14F4N4. The van der Waals surface area contributed by atoms with E-state index in [1.165, 1.54) is 19.2 Å². The number of nitrogens with one attached hydrogen (secondary N) is 1. The first-order chi connectivity index (χ1) is 12.7. The van der Waals surface area contributed by atoms with Crippen LogP contribution in [0.5, 0.6) is 0 Å². The molecule has 0 aliphatic carbocycles. The van der Waals surface area contributed by atoms with E-state index in [4.69, 9.17) is 0 Å². The van der Waals surface area contributed by atoms with E-state index >= 15 is 0 Å². The van der Waals surface area contributed by atoms with E-state index in [2.05, 4.69) is 15.1 Å². The Morgan fingerprint density at radius 1 is 1.04 bits per heavy atom. The molecule has 0 saturated heterocycles. The highest BCUT2D eigenvalue weighted by molar-refractivity contribution is 5.85. The zero-order valence-corrected chi connectivity index (χ0v) is 14.4. The van der Waals surface area contributed by atoms with Crippen LogP contribution >= 0.6 is 0 Å². The third-order valence-corrected chi connectivity index (χ3v) is 4.40. The molecule has 138 valence electrons. The van der Waals surface area contributed by atoms with Gasteiger partial charge in [-0.25, -0.2) is 9.37 Å². The molecule has 4 rings (SSSR count). The molecule has 1 aromatic carbocycles. The Morgan fingerprint density at radius 3 is 2.52 bits per heavy atom. The Kier molecular flexibility index (Phi) is 3.80. The monoisotopic (exact) mass is 374 g/mol. The number of aryl methyl sites for hydroxylation is 2. The summed E-state index contributed by atoms with van der Waals surface area (Å²) in [7, 11) is 1.44. The number of aromatic amines is 1. The standard InChI is InChI=1S/C19H14F4N4/c1-10-3-4-11(20)7-12(10)15-8-16-13(24-15)5-6-14(25-16)17-9-18(19(21,22)23)26-27(17)2/h3-9,24H,1-2H3. The number of rotatable bonds is 2. The first-order valence-corrected chi connectivity index (χ1v) is 8.10. The lowest BCUT2D eigenvalue weighted by Crippen LogP contribution is -2.06. The fourth-order valence-corrected chi connectivity index (χ4v) is 3.03. The van der Waals surface area contributed by atoms with Crippen molar-refractivity contribution in [3.05, 3.63) is 59.5 Å². The maximum atomic E-state index is 13.6. The first-order valence-electron chi connectivity index (χ1n) is 8.10. The lowest BCUT2D eigenvalue weighted by Gasteiger charge is -2.02. The number of hydrogen-bond donors (Lipinski definition) is 1. The van der Waals surface area contributed by atoms with Crippen LogP contribution in [0.1, 0.15) is 11.3 Å². The van der Waals surface area contributed by atoms with Crippen molar-refractivity contribution < 1.29 is 17.6 Å². The number of H-pyrrole nitrogens is 1. The van der Waals surface area contributed by atoms with Gasteiger partial charge < -0.3 is 4.98 Å². The van der Waals surface area contributed by atoms with Gasteiger partial charge in [-0.15, -0.1) is 0 Å². The predicted molar refractivity (Wildman–Crippen MR) is 93.4 cm³/mol. The topological polar surface area (TPSA) is 46.5 Å². The fraction of sp³-hybridized carbons (Fsp3) is 0.158. The summed E-state index contributed by atoms with van der Waals surface area (Å²) in [6.07, 6.45) is -4.52. The second kappa shape index (κ2) is 5.94. The van der Waals surface area contributed by atoms with Crippen LogP contribution in [-0.4, -0.2) is 19.7 Å². The normalized spacial score (nSPS) is 12.1. The molecule has 0 unspecified atom stereocenters. The van der Waals surface area contributed by atoms with Crippen LogP contribution in [0.2, 0.25) is 0 Å². The van der Waals surface area contributed by atoms with Gasteiger partial charge in [0.15, 0.2) is 5.69 Å². The molecule has 0 saturated carbocycles. The molecule has 0 radical (unpaired) electrons. The van der Waals surface area contributed by atoms with Crippen LogP contribution < -0.4 is 0 Å². The van der Waals surface area contributed by atoms with Gasteiger partial charge in [0.1, 0.15) is 5.82 Å². The zero-order valence-electron chi connectivity index (χ0n) is 14.4. The molecule has 0 bridgehead atoms. The number of aromatic nitrogens is 4. The number of halogens is 4. The minimum absolute atomic E-state index is 0.258. The number of hydrogen-bond acceptors (Lipinski definition) is 2. The minimum atomic E-state index is -4.52. The third-order valence-electron chi connectivity index (χ3n) is 4.40. The van der Waals surface area contributed by atoms with E-state index in [-0.39, 0.29) is 11.5 Å². The van der Waals surface area contributed by atoms with Crippen LogP contribution in [0, 0.1) is 12.7 Å². The van der Waals surface area contributed by atoms with Crippen molar-refractivity contribution in [1.29, 1.82) is 0 Å². The highest BCUT2D eigenvalue weighted by atomic mass is 19.4. The Morgan fingerprint density at radius 2 is 1.81 bits per heavy atom. The van der Waals surface area contributed by atoms with Crippen molar-refractivity contribution in [3.63, 3.8) is 0 Å². The van der Waals surface area contributed by atoms with E-state index in [9.17, 15) is 17.6 Å². The van der Waals surface area contributed by atoms with E-state index in [0.29, 0.717) is 28.0 Å². The van der Waals surface area contributed by atoms with Crippen LogP contribution in [-0.2, 0) is 13.2 Å². The molecule has 0 fully saturated rings. The van der Waals surface area contributed by atoms with Crippen molar-refractivity contribution in [3.8, 4) is 22.6 Å². The smallest absolute Gasteiger partial charge is 0.353 e. The molecule has 8 heteroatoms. The van der Waals surface area contributed by atoms with Gasteiger partial charge in [0.25, 0.3) is 0 Å². The molecule has 27 heavy (non-hydrogen) atoms. The van der Waals surface area contributed by atoms with Gasteiger partial charge in [0, 0.05) is 18.3 Å². The maximum absolute atomic E-state index is 13.6. The predicted octanol–water partition coefficient (Wildman–Crippen LogP) is 5.10. The quantitative estimate of drug-likeness (QED) is 0.497. The van der Waals surface area contributed by atoms with Gasteiger partial charge in [0.2, 0.25) is 0 Å². The Labute approximate surface area is 151 Å². The van der Waals surface area contributed by atoms with Crippen molar-refractivity contribution in [2.75, 3.05) is 0 Å². The van der Waals surface area contributed by atoms with E-state index in [0.717, 1.165) is 16.3 Å². The molecule has 4 aromatic rings. The van der Waals surface area contributed by atoms with Crippen molar-refractivity contribution >= 4 is 11.0 Å². The van der Waals surface area contributed by atoms with Crippen molar-refractivity contribution in [1.82, 2.24) is 19.7 Å². The van der Waals surface area contributed by atoms with Crippen LogP contribution in [0.4, 0.5) is 17.6 Å². The Balaban J connectivity index is 1.80. The van der Waals surface area contributed by atoms with Crippen molar-refractivity contribution in [2.45, 2.75) is 13.1 Å². The van der Waals surface area contributed by atoms with Gasteiger partial charge >= 0.3 is 6.18 Å². The van der Waals surface area contributed by atoms with E-state index < -0.39 is 11.9 Å². The largest absolute Gasteiger partial charge is 0.435 e. The summed E-state index contributed by atoms with van der Waals surface area (Å²) in [6.45, 7) is 1.87. The summed E-state index contributed by atoms with van der Waals surface area (Å²) in [5.41, 5.74) is 3.22. The second-order valence-corrected chi connectivity index (χ2v) is 6.31. The molecule has 1 N–H and O–H groups in total. The fourth-order valence-electron chi connectivity index (χ4n) is 3.03. The lowest BCUT2D eigenvalue weighted by molar-refractivity contribution is -0.141. The third kappa shape index (κ3) is 3.07. The van der Waals surface area contributed by atoms with Gasteiger partial charge in [-0.1, -0.05) is 6.07 Å². The van der Waals surface area contributed by atoms with E-state index in [1.807, 2.05) is 6.92 Å². The first kappa shape index (κ1) is 17.3. The van der Waals surface area contributed by atoms with Gasteiger partial charge in [-0.05, 0) is 48.9 Å². The summed E-state index contributed by atoms with van der Waals surface area (Å²) in [6, 6.07) is 10.6. The number of alkyl halides is 3. The molecule has 0 aliphatic rings. The minimum Gasteiger partial charge on any atom is -0.353 e. The number of fused-ring (bicyclic) bond motifs is 1. The molecule has 0 atom stereocenters. The van der Waals surface area contributed by atoms with Gasteiger partial charge in [0.05, 0.1) is 22.4 Å². The number of pyridine rings is 1. The summed E-state index contributed by atoms with van der Waals surface area (Å²) in [5, 5.41) is 3.51. The van der Waals surface area contributed by atoms with Crippen LogP contribution in [0.3, 0.4) is 0 Å². The highest BCUT2D eigenvalue weighted by Gasteiger charge is 2.34. The number of nitrogens with zero attached hydrogens (tertiary/aromatic N) is 3. The SMILES string of the molecule is Cc1ccc(F)cc1-c1cc2nc(-c3cc(C(F)(F)F)nn3C)ccc2[nH]1. The summed E-state index contributed by atoms with van der Waals surface area (Å²) in [5.74, 6) is -0.350. The molecule has 0 spiro atoms. The molecule has 0 amide bonds. The second-order valence-electron chi connectivity index (χ2n) is 6.31. The van der Waals surface area contributed by atoms with Gasteiger partial charge in [-0.2, -0.15) is 18.3 Å². The summed E-state index contributed by atoms with van der Waals surface area (Å²) < 4.78 is 53.4. The zero-order chi connectivity index (χ0) is 19.3.